The van der Waals surface area contributed by atoms with E-state index in [1.54, 1.807) is 16.7 Å². The van der Waals surface area contributed by atoms with Gasteiger partial charge in [0.25, 0.3) is 0 Å². The summed E-state index contributed by atoms with van der Waals surface area (Å²) in [6.07, 6.45) is 9.56. The third-order valence-electron chi connectivity index (χ3n) is 7.04. The molecule has 0 spiro atoms. The standard InChI is InChI=1S/C25H32N4O4/c1-17-15-27(25(31)33-22-5-3-4-6-22)24-13-19(7-8-23(24)29(17)18(2)30)20-14-26-28(16-20)21-9-11-32-12-10-21/h7-8,13-14,16-17,21-22H,3-6,9-12,15H2,1-2H3/t17-/m0/s1. The van der Waals surface area contributed by atoms with E-state index in [9.17, 15) is 9.59 Å². The summed E-state index contributed by atoms with van der Waals surface area (Å²) in [5.41, 5.74) is 3.40. The molecule has 1 saturated carbocycles. The van der Waals surface area contributed by atoms with Gasteiger partial charge in [0, 0.05) is 38.4 Å². The van der Waals surface area contributed by atoms with Crippen LogP contribution in [0.2, 0.25) is 0 Å². The minimum Gasteiger partial charge on any atom is -0.446 e. The zero-order valence-electron chi connectivity index (χ0n) is 19.4. The molecule has 2 amide bonds. The number of rotatable bonds is 3. The normalized spacial score (nSPS) is 21.8. The van der Waals surface area contributed by atoms with E-state index in [-0.39, 0.29) is 24.1 Å². The molecule has 2 aromatic rings. The van der Waals surface area contributed by atoms with E-state index in [1.807, 2.05) is 36.0 Å². The van der Waals surface area contributed by atoms with Gasteiger partial charge in [-0.2, -0.15) is 5.10 Å². The molecular weight excluding hydrogens is 420 g/mol. The Labute approximate surface area is 194 Å². The highest BCUT2D eigenvalue weighted by atomic mass is 16.6. The number of aromatic nitrogens is 2. The van der Waals surface area contributed by atoms with Crippen molar-refractivity contribution >= 4 is 23.4 Å². The van der Waals surface area contributed by atoms with Crippen LogP contribution in [0, 0.1) is 0 Å². The van der Waals surface area contributed by atoms with Crippen molar-refractivity contribution in [3.63, 3.8) is 0 Å². The maximum Gasteiger partial charge on any atom is 0.414 e. The first kappa shape index (κ1) is 21.9. The third kappa shape index (κ3) is 4.36. The Balaban J connectivity index is 1.47. The van der Waals surface area contributed by atoms with E-state index in [0.29, 0.717) is 18.3 Å². The van der Waals surface area contributed by atoms with Crippen molar-refractivity contribution in [1.82, 2.24) is 9.78 Å². The summed E-state index contributed by atoms with van der Waals surface area (Å²) in [5, 5.41) is 4.60. The molecule has 176 valence electrons. The largest absolute Gasteiger partial charge is 0.446 e. The Bertz CT molecular complexity index is 1020. The van der Waals surface area contributed by atoms with Crippen LogP contribution in [0.15, 0.2) is 30.6 Å². The first-order valence-electron chi connectivity index (χ1n) is 12.1. The fraction of sp³-hybridized carbons (Fsp3) is 0.560. The number of carbonyl (C=O) groups is 2. The van der Waals surface area contributed by atoms with Gasteiger partial charge in [0.15, 0.2) is 0 Å². The highest BCUT2D eigenvalue weighted by Crippen LogP contribution is 2.39. The van der Waals surface area contributed by atoms with Gasteiger partial charge in [0.2, 0.25) is 5.91 Å². The van der Waals surface area contributed by atoms with Crippen molar-refractivity contribution in [2.75, 3.05) is 29.6 Å². The molecule has 0 unspecified atom stereocenters. The molecule has 8 heteroatoms. The van der Waals surface area contributed by atoms with Crippen LogP contribution in [0.4, 0.5) is 16.2 Å². The number of benzene rings is 1. The summed E-state index contributed by atoms with van der Waals surface area (Å²) in [4.78, 5) is 29.1. The number of amides is 2. The van der Waals surface area contributed by atoms with E-state index >= 15 is 0 Å². The molecule has 1 atom stereocenters. The summed E-state index contributed by atoms with van der Waals surface area (Å²) < 4.78 is 13.3. The van der Waals surface area contributed by atoms with Crippen LogP contribution in [-0.4, -0.2) is 53.7 Å². The number of anilines is 2. The maximum absolute atomic E-state index is 13.2. The molecule has 1 saturated heterocycles. The van der Waals surface area contributed by atoms with Crippen LogP contribution in [0.3, 0.4) is 0 Å². The number of hydrogen-bond acceptors (Lipinski definition) is 5. The van der Waals surface area contributed by atoms with E-state index in [0.717, 1.165) is 68.6 Å². The fourth-order valence-electron chi connectivity index (χ4n) is 5.31. The molecule has 8 nitrogen and oxygen atoms in total. The van der Waals surface area contributed by atoms with Crippen LogP contribution in [0.25, 0.3) is 11.1 Å². The number of hydrogen-bond donors (Lipinski definition) is 0. The molecule has 33 heavy (non-hydrogen) atoms. The van der Waals surface area contributed by atoms with Gasteiger partial charge >= 0.3 is 6.09 Å². The zero-order valence-corrected chi connectivity index (χ0v) is 19.4. The zero-order chi connectivity index (χ0) is 22.9. The second kappa shape index (κ2) is 9.17. The summed E-state index contributed by atoms with van der Waals surface area (Å²) in [6.45, 7) is 5.46. The summed E-state index contributed by atoms with van der Waals surface area (Å²) in [5.74, 6) is -0.0346. The lowest BCUT2D eigenvalue weighted by atomic mass is 10.0. The van der Waals surface area contributed by atoms with Gasteiger partial charge < -0.3 is 14.4 Å². The van der Waals surface area contributed by atoms with Crippen molar-refractivity contribution in [3.05, 3.63) is 30.6 Å². The van der Waals surface area contributed by atoms with Gasteiger partial charge in [-0.3, -0.25) is 14.4 Å². The second-order valence-electron chi connectivity index (χ2n) is 9.39. The van der Waals surface area contributed by atoms with Gasteiger partial charge in [-0.1, -0.05) is 6.07 Å². The van der Waals surface area contributed by atoms with E-state index in [4.69, 9.17) is 9.47 Å². The molecule has 1 aliphatic carbocycles. The predicted molar refractivity (Wildman–Crippen MR) is 125 cm³/mol. The third-order valence-corrected chi connectivity index (χ3v) is 7.04. The lowest BCUT2D eigenvalue weighted by Crippen LogP contribution is -2.51. The average molecular weight is 453 g/mol. The summed E-state index contributed by atoms with van der Waals surface area (Å²) >= 11 is 0. The second-order valence-corrected chi connectivity index (χ2v) is 9.39. The molecule has 1 aromatic carbocycles. The molecule has 5 rings (SSSR count). The van der Waals surface area contributed by atoms with E-state index in [1.165, 1.54) is 0 Å². The highest BCUT2D eigenvalue weighted by molar-refractivity contribution is 6.03. The quantitative estimate of drug-likeness (QED) is 0.683. The van der Waals surface area contributed by atoms with E-state index in [2.05, 4.69) is 11.3 Å². The molecule has 1 aromatic heterocycles. The van der Waals surface area contributed by atoms with Crippen LogP contribution in [-0.2, 0) is 14.3 Å². The van der Waals surface area contributed by atoms with Gasteiger partial charge in [0.1, 0.15) is 6.10 Å². The SMILES string of the molecule is CC(=O)N1c2ccc(-c3cnn(C4CCOCC4)c3)cc2N(C(=O)OC2CCCC2)C[C@@H]1C. The van der Waals surface area contributed by atoms with Crippen molar-refractivity contribution in [1.29, 1.82) is 0 Å². The Kier molecular flexibility index (Phi) is 6.10. The Hall–Kier alpha value is -2.87. The molecule has 0 radical (unpaired) electrons. The minimum atomic E-state index is -0.326. The molecule has 3 heterocycles. The van der Waals surface area contributed by atoms with Gasteiger partial charge in [-0.25, -0.2) is 4.79 Å². The van der Waals surface area contributed by atoms with Crippen molar-refractivity contribution in [2.24, 2.45) is 0 Å². The van der Waals surface area contributed by atoms with Crippen LogP contribution < -0.4 is 9.80 Å². The van der Waals surface area contributed by atoms with Crippen LogP contribution in [0.5, 0.6) is 0 Å². The van der Waals surface area contributed by atoms with Gasteiger partial charge in [0.05, 0.1) is 29.7 Å². The Morgan fingerprint density at radius 2 is 1.82 bits per heavy atom. The number of fused-ring (bicyclic) bond motifs is 1. The van der Waals surface area contributed by atoms with Gasteiger partial charge in [-0.15, -0.1) is 0 Å². The van der Waals surface area contributed by atoms with Crippen LogP contribution >= 0.6 is 0 Å². The monoisotopic (exact) mass is 452 g/mol. The molecular formula is C25H32N4O4. The average Bonchev–Trinajstić information content (AvgIpc) is 3.51. The van der Waals surface area contributed by atoms with E-state index < -0.39 is 0 Å². The topological polar surface area (TPSA) is 76.9 Å². The first-order chi connectivity index (χ1) is 16.0. The smallest absolute Gasteiger partial charge is 0.414 e. The number of carbonyl (C=O) groups excluding carboxylic acids is 2. The van der Waals surface area contributed by atoms with Crippen LogP contribution in [0.1, 0.15) is 58.4 Å². The Morgan fingerprint density at radius 3 is 2.55 bits per heavy atom. The maximum atomic E-state index is 13.2. The molecule has 3 aliphatic rings. The summed E-state index contributed by atoms with van der Waals surface area (Å²) in [7, 11) is 0. The lowest BCUT2D eigenvalue weighted by molar-refractivity contribution is -0.117. The first-order valence-corrected chi connectivity index (χ1v) is 12.1. The molecule has 0 bridgehead atoms. The Morgan fingerprint density at radius 1 is 1.06 bits per heavy atom. The molecule has 2 aliphatic heterocycles. The number of nitrogens with zero attached hydrogens (tertiary/aromatic N) is 4. The van der Waals surface area contributed by atoms with Crippen molar-refractivity contribution < 1.29 is 19.1 Å². The molecule has 0 N–H and O–H groups in total. The predicted octanol–water partition coefficient (Wildman–Crippen LogP) is 4.54. The minimum absolute atomic E-state index is 0.0111. The number of ether oxygens (including phenoxy) is 2. The van der Waals surface area contributed by atoms with Crippen molar-refractivity contribution in [2.45, 2.75) is 70.6 Å². The summed E-state index contributed by atoms with van der Waals surface area (Å²) in [6, 6.07) is 6.13. The fourth-order valence-corrected chi connectivity index (χ4v) is 5.31. The van der Waals surface area contributed by atoms with Gasteiger partial charge in [-0.05, 0) is 63.1 Å². The molecule has 2 fully saturated rings. The highest BCUT2D eigenvalue weighted by Gasteiger charge is 2.35. The lowest BCUT2D eigenvalue weighted by Gasteiger charge is -2.40. The van der Waals surface area contributed by atoms with Crippen molar-refractivity contribution in [3.8, 4) is 11.1 Å².